The number of benzene rings is 2. The molecule has 0 aliphatic carbocycles. The maximum Gasteiger partial charge on any atom is 0.265 e. The van der Waals surface area contributed by atoms with Crippen molar-refractivity contribution in [1.82, 2.24) is 0 Å². The quantitative estimate of drug-likeness (QED) is 0.872. The molecule has 0 atom stereocenters. The fourth-order valence-corrected chi connectivity index (χ4v) is 4.32. The molecular formula is C19H22N2O4S. The van der Waals surface area contributed by atoms with Crippen LogP contribution in [0.5, 0.6) is 5.75 Å². The summed E-state index contributed by atoms with van der Waals surface area (Å²) < 4.78 is 33.9. The fraction of sp³-hybridized carbons (Fsp3) is 0.316. The maximum atomic E-state index is 13.0. The Bertz CT molecular complexity index is 954. The van der Waals surface area contributed by atoms with Gasteiger partial charge < -0.3 is 9.64 Å². The van der Waals surface area contributed by atoms with E-state index >= 15 is 0 Å². The number of ether oxygens (including phenoxy) is 1. The van der Waals surface area contributed by atoms with Crippen LogP contribution in [0.15, 0.2) is 41.3 Å². The Morgan fingerprint density at radius 1 is 1.12 bits per heavy atom. The van der Waals surface area contributed by atoms with Crippen LogP contribution >= 0.6 is 0 Å². The van der Waals surface area contributed by atoms with Gasteiger partial charge in [-0.15, -0.1) is 0 Å². The van der Waals surface area contributed by atoms with Gasteiger partial charge in [0.25, 0.3) is 10.0 Å². The molecule has 138 valence electrons. The lowest BCUT2D eigenvalue weighted by atomic mass is 10.1. The number of nitrogens with zero attached hydrogens (tertiary/aromatic N) is 1. The van der Waals surface area contributed by atoms with Crippen molar-refractivity contribution in [1.29, 1.82) is 0 Å². The summed E-state index contributed by atoms with van der Waals surface area (Å²) in [4.78, 5) is 13.6. The van der Waals surface area contributed by atoms with Crippen molar-refractivity contribution in [3.05, 3.63) is 47.5 Å². The number of anilines is 2. The molecular weight excluding hydrogens is 352 g/mol. The minimum Gasteiger partial charge on any atom is -0.495 e. The van der Waals surface area contributed by atoms with E-state index in [1.807, 2.05) is 26.0 Å². The molecule has 1 saturated heterocycles. The highest BCUT2D eigenvalue weighted by atomic mass is 32.2. The van der Waals surface area contributed by atoms with Crippen molar-refractivity contribution in [2.75, 3.05) is 23.3 Å². The van der Waals surface area contributed by atoms with Gasteiger partial charge in [-0.1, -0.05) is 12.1 Å². The smallest absolute Gasteiger partial charge is 0.265 e. The molecule has 0 radical (unpaired) electrons. The molecule has 7 heteroatoms. The Labute approximate surface area is 153 Å². The number of amides is 1. The van der Waals surface area contributed by atoms with E-state index in [-0.39, 0.29) is 16.6 Å². The van der Waals surface area contributed by atoms with Crippen molar-refractivity contribution >= 4 is 27.3 Å². The topological polar surface area (TPSA) is 75.7 Å². The van der Waals surface area contributed by atoms with Crippen molar-refractivity contribution < 1.29 is 17.9 Å². The van der Waals surface area contributed by atoms with E-state index in [9.17, 15) is 13.2 Å². The largest absolute Gasteiger partial charge is 0.495 e. The summed E-state index contributed by atoms with van der Waals surface area (Å²) in [7, 11) is -2.45. The van der Waals surface area contributed by atoms with Gasteiger partial charge in [0.05, 0.1) is 12.8 Å². The minimum absolute atomic E-state index is 0.000928. The van der Waals surface area contributed by atoms with Gasteiger partial charge in [-0.3, -0.25) is 9.52 Å². The molecule has 1 heterocycles. The van der Waals surface area contributed by atoms with Crippen molar-refractivity contribution in [2.45, 2.75) is 31.6 Å². The van der Waals surface area contributed by atoms with E-state index in [0.29, 0.717) is 24.3 Å². The molecule has 1 aliphatic rings. The van der Waals surface area contributed by atoms with Gasteiger partial charge in [-0.05, 0) is 55.7 Å². The van der Waals surface area contributed by atoms with Crippen LogP contribution in [-0.2, 0) is 14.8 Å². The Hall–Kier alpha value is -2.54. The zero-order valence-corrected chi connectivity index (χ0v) is 15.9. The first-order chi connectivity index (χ1) is 12.3. The third-order valence-corrected chi connectivity index (χ3v) is 5.85. The van der Waals surface area contributed by atoms with Crippen LogP contribution in [0.3, 0.4) is 0 Å². The molecule has 1 fully saturated rings. The van der Waals surface area contributed by atoms with Crippen LogP contribution in [0, 0.1) is 13.8 Å². The monoisotopic (exact) mass is 374 g/mol. The van der Waals surface area contributed by atoms with E-state index in [1.54, 1.807) is 23.1 Å². The van der Waals surface area contributed by atoms with E-state index < -0.39 is 10.0 Å². The lowest BCUT2D eigenvalue weighted by Crippen LogP contribution is -2.24. The fourth-order valence-electron chi connectivity index (χ4n) is 3.01. The third kappa shape index (κ3) is 3.53. The van der Waals surface area contributed by atoms with Gasteiger partial charge in [0.2, 0.25) is 5.91 Å². The van der Waals surface area contributed by atoms with E-state index in [2.05, 4.69) is 4.72 Å². The molecule has 6 nitrogen and oxygen atoms in total. The first-order valence-corrected chi connectivity index (χ1v) is 9.88. The number of hydrogen-bond acceptors (Lipinski definition) is 4. The summed E-state index contributed by atoms with van der Waals surface area (Å²) in [5.41, 5.74) is 2.87. The molecule has 3 rings (SSSR count). The van der Waals surface area contributed by atoms with Crippen LogP contribution < -0.4 is 14.4 Å². The zero-order valence-electron chi connectivity index (χ0n) is 15.1. The highest BCUT2D eigenvalue weighted by molar-refractivity contribution is 7.92. The summed E-state index contributed by atoms with van der Waals surface area (Å²) in [5.74, 6) is 0.235. The standard InChI is InChI=1S/C19H22N2O4S/c1-13-6-7-14(2)16(11-13)20-26(23,24)18-12-15(8-9-17(18)25-3)21-10-4-5-19(21)22/h6-9,11-12,20H,4-5,10H2,1-3H3. The molecule has 0 spiro atoms. The van der Waals surface area contributed by atoms with Crippen molar-refractivity contribution in [2.24, 2.45) is 0 Å². The number of rotatable bonds is 5. The van der Waals surface area contributed by atoms with Gasteiger partial charge in [0.1, 0.15) is 10.6 Å². The molecule has 0 saturated carbocycles. The second-order valence-electron chi connectivity index (χ2n) is 6.41. The molecule has 2 aromatic carbocycles. The molecule has 0 aromatic heterocycles. The average Bonchev–Trinajstić information content (AvgIpc) is 3.03. The molecule has 2 aromatic rings. The van der Waals surface area contributed by atoms with Gasteiger partial charge in [-0.2, -0.15) is 0 Å². The number of sulfonamides is 1. The normalized spacial score (nSPS) is 14.6. The van der Waals surface area contributed by atoms with Crippen LogP contribution in [0.2, 0.25) is 0 Å². The predicted octanol–water partition coefficient (Wildman–Crippen LogP) is 3.24. The SMILES string of the molecule is COc1ccc(N2CCCC2=O)cc1S(=O)(=O)Nc1cc(C)ccc1C. The van der Waals surface area contributed by atoms with E-state index in [1.165, 1.54) is 13.2 Å². The van der Waals surface area contributed by atoms with E-state index in [0.717, 1.165) is 17.5 Å². The Balaban J connectivity index is 2.02. The first-order valence-electron chi connectivity index (χ1n) is 8.40. The number of hydrogen-bond donors (Lipinski definition) is 1. The first kappa shape index (κ1) is 18.3. The Morgan fingerprint density at radius 2 is 1.88 bits per heavy atom. The molecule has 1 amide bonds. The summed E-state index contributed by atoms with van der Waals surface area (Å²) in [6, 6.07) is 10.4. The molecule has 0 unspecified atom stereocenters. The summed E-state index contributed by atoms with van der Waals surface area (Å²) >= 11 is 0. The zero-order chi connectivity index (χ0) is 18.9. The summed E-state index contributed by atoms with van der Waals surface area (Å²) in [6.45, 7) is 4.33. The van der Waals surface area contributed by atoms with Crippen LogP contribution in [0.4, 0.5) is 11.4 Å². The molecule has 0 bridgehead atoms. The highest BCUT2D eigenvalue weighted by Crippen LogP contribution is 2.32. The van der Waals surface area contributed by atoms with Crippen LogP contribution in [0.1, 0.15) is 24.0 Å². The highest BCUT2D eigenvalue weighted by Gasteiger charge is 2.26. The molecule has 26 heavy (non-hydrogen) atoms. The molecule has 1 aliphatic heterocycles. The van der Waals surface area contributed by atoms with Gasteiger partial charge >= 0.3 is 0 Å². The van der Waals surface area contributed by atoms with Crippen LogP contribution in [-0.4, -0.2) is 28.0 Å². The summed E-state index contributed by atoms with van der Waals surface area (Å²) in [5, 5.41) is 0. The van der Waals surface area contributed by atoms with Crippen molar-refractivity contribution in [3.8, 4) is 5.75 Å². The Morgan fingerprint density at radius 3 is 2.54 bits per heavy atom. The minimum atomic E-state index is -3.88. The number of carbonyl (C=O) groups is 1. The number of methoxy groups -OCH3 is 1. The second-order valence-corrected chi connectivity index (χ2v) is 8.06. The average molecular weight is 374 g/mol. The van der Waals surface area contributed by atoms with Gasteiger partial charge in [0.15, 0.2) is 0 Å². The lowest BCUT2D eigenvalue weighted by molar-refractivity contribution is -0.117. The number of carbonyl (C=O) groups excluding carboxylic acids is 1. The molecule has 1 N–H and O–H groups in total. The van der Waals surface area contributed by atoms with Crippen molar-refractivity contribution in [3.63, 3.8) is 0 Å². The lowest BCUT2D eigenvalue weighted by Gasteiger charge is -2.19. The number of nitrogens with one attached hydrogen (secondary N) is 1. The van der Waals surface area contributed by atoms with Gasteiger partial charge in [0, 0.05) is 18.7 Å². The predicted molar refractivity (Wildman–Crippen MR) is 101 cm³/mol. The second kappa shape index (κ2) is 6.99. The third-order valence-electron chi connectivity index (χ3n) is 4.46. The van der Waals surface area contributed by atoms with Gasteiger partial charge in [-0.25, -0.2) is 8.42 Å². The Kier molecular flexibility index (Phi) is 4.91. The summed E-state index contributed by atoms with van der Waals surface area (Å²) in [6.07, 6.45) is 1.25. The van der Waals surface area contributed by atoms with E-state index in [4.69, 9.17) is 4.74 Å². The number of aryl methyl sites for hydroxylation is 2. The van der Waals surface area contributed by atoms with Crippen LogP contribution in [0.25, 0.3) is 0 Å². The maximum absolute atomic E-state index is 13.0.